The maximum absolute atomic E-state index is 13.1. The number of hydrogen-bond donors (Lipinski definition) is 2. The van der Waals surface area contributed by atoms with Crippen molar-refractivity contribution in [2.75, 3.05) is 0 Å². The molecule has 0 radical (unpaired) electrons. The lowest BCUT2D eigenvalue weighted by atomic mass is 9.99. The van der Waals surface area contributed by atoms with Gasteiger partial charge in [-0.15, -0.1) is 0 Å². The van der Waals surface area contributed by atoms with Gasteiger partial charge < -0.3 is 10.6 Å². The first-order chi connectivity index (χ1) is 12.0. The van der Waals surface area contributed by atoms with Gasteiger partial charge in [-0.2, -0.15) is 0 Å². The molecule has 0 heterocycles. The minimum atomic E-state index is -0.290. The van der Waals surface area contributed by atoms with Crippen molar-refractivity contribution in [1.82, 2.24) is 10.6 Å². The molecule has 0 fully saturated rings. The van der Waals surface area contributed by atoms with Crippen molar-refractivity contribution in [1.29, 1.82) is 0 Å². The third-order valence-corrected chi connectivity index (χ3v) is 4.12. The zero-order chi connectivity index (χ0) is 18.2. The molecule has 25 heavy (non-hydrogen) atoms. The first-order valence-corrected chi connectivity index (χ1v) is 8.52. The zero-order valence-electron chi connectivity index (χ0n) is 14.6. The van der Waals surface area contributed by atoms with E-state index in [4.69, 9.17) is 0 Å². The van der Waals surface area contributed by atoms with Gasteiger partial charge in [0, 0.05) is 12.1 Å². The maximum Gasteiger partial charge on any atom is 0.315 e. The topological polar surface area (TPSA) is 41.1 Å². The maximum atomic E-state index is 13.1. The standard InChI is InChI=1S/C20H24F2N2O/c1-3-14(2)23-20(25)24-19(12-15-4-8-17(21)9-5-15)13-16-6-10-18(22)11-7-16/h4-11,14,19H,3,12-13H2,1-2H3,(H2,23,24,25)/t14-/m0/s1. The van der Waals surface area contributed by atoms with Gasteiger partial charge in [0.15, 0.2) is 0 Å². The summed E-state index contributed by atoms with van der Waals surface area (Å²) in [7, 11) is 0. The molecule has 0 saturated heterocycles. The fourth-order valence-corrected chi connectivity index (χ4v) is 2.54. The summed E-state index contributed by atoms with van der Waals surface area (Å²) in [5.41, 5.74) is 1.86. The molecule has 2 N–H and O–H groups in total. The number of halogens is 2. The van der Waals surface area contributed by atoms with Crippen LogP contribution >= 0.6 is 0 Å². The fraction of sp³-hybridized carbons (Fsp3) is 0.350. The van der Waals surface area contributed by atoms with E-state index in [1.807, 2.05) is 13.8 Å². The van der Waals surface area contributed by atoms with E-state index in [0.29, 0.717) is 12.8 Å². The first-order valence-electron chi connectivity index (χ1n) is 8.52. The van der Waals surface area contributed by atoms with E-state index >= 15 is 0 Å². The van der Waals surface area contributed by atoms with Crippen LogP contribution in [0.4, 0.5) is 13.6 Å². The Labute approximate surface area is 147 Å². The number of amides is 2. The van der Waals surface area contributed by atoms with Gasteiger partial charge in [-0.05, 0) is 61.6 Å². The molecule has 2 aromatic rings. The van der Waals surface area contributed by atoms with Crippen LogP contribution in [0.15, 0.2) is 48.5 Å². The Morgan fingerprint density at radius 3 is 1.72 bits per heavy atom. The van der Waals surface area contributed by atoms with Gasteiger partial charge >= 0.3 is 6.03 Å². The number of benzene rings is 2. The molecule has 2 rings (SSSR count). The van der Waals surface area contributed by atoms with E-state index in [-0.39, 0.29) is 29.7 Å². The van der Waals surface area contributed by atoms with Gasteiger partial charge in [-0.3, -0.25) is 0 Å². The van der Waals surface area contributed by atoms with E-state index < -0.39 is 0 Å². The predicted molar refractivity (Wildman–Crippen MR) is 95.4 cm³/mol. The predicted octanol–water partition coefficient (Wildman–Crippen LogP) is 4.22. The summed E-state index contributed by atoms with van der Waals surface area (Å²) in [6.45, 7) is 3.94. The van der Waals surface area contributed by atoms with Crippen LogP contribution < -0.4 is 10.6 Å². The van der Waals surface area contributed by atoms with Crippen LogP contribution in [-0.2, 0) is 12.8 Å². The molecule has 3 nitrogen and oxygen atoms in total. The molecule has 0 bridgehead atoms. The van der Waals surface area contributed by atoms with Gasteiger partial charge in [0.2, 0.25) is 0 Å². The van der Waals surface area contributed by atoms with Gasteiger partial charge in [-0.25, -0.2) is 13.6 Å². The number of carbonyl (C=O) groups is 1. The van der Waals surface area contributed by atoms with Gasteiger partial charge in [0.1, 0.15) is 11.6 Å². The molecule has 134 valence electrons. The van der Waals surface area contributed by atoms with Crippen LogP contribution in [0, 0.1) is 11.6 Å². The van der Waals surface area contributed by atoms with E-state index in [1.54, 1.807) is 24.3 Å². The number of rotatable bonds is 7. The summed E-state index contributed by atoms with van der Waals surface area (Å²) in [6.07, 6.45) is 1.96. The molecular formula is C20H24F2N2O. The minimum Gasteiger partial charge on any atom is -0.336 e. The smallest absolute Gasteiger partial charge is 0.315 e. The Hall–Kier alpha value is -2.43. The van der Waals surface area contributed by atoms with Crippen molar-refractivity contribution in [2.45, 2.75) is 45.2 Å². The Bertz CT molecular complexity index is 624. The fourth-order valence-electron chi connectivity index (χ4n) is 2.54. The molecule has 0 saturated carbocycles. The van der Waals surface area contributed by atoms with Gasteiger partial charge in [-0.1, -0.05) is 31.2 Å². The zero-order valence-corrected chi connectivity index (χ0v) is 14.6. The van der Waals surface area contributed by atoms with Crippen molar-refractivity contribution < 1.29 is 13.6 Å². The van der Waals surface area contributed by atoms with Crippen LogP contribution in [0.5, 0.6) is 0 Å². The second-order valence-electron chi connectivity index (χ2n) is 6.29. The van der Waals surface area contributed by atoms with Crippen LogP contribution in [0.1, 0.15) is 31.4 Å². The second-order valence-corrected chi connectivity index (χ2v) is 6.29. The summed E-state index contributed by atoms with van der Waals surface area (Å²) >= 11 is 0. The van der Waals surface area contributed by atoms with Crippen molar-refractivity contribution in [3.63, 3.8) is 0 Å². The third-order valence-electron chi connectivity index (χ3n) is 4.12. The molecule has 5 heteroatoms. The quantitative estimate of drug-likeness (QED) is 0.774. The molecule has 1 atom stereocenters. The molecule has 0 aliphatic rings. The van der Waals surface area contributed by atoms with E-state index in [2.05, 4.69) is 10.6 Å². The van der Waals surface area contributed by atoms with Gasteiger partial charge in [0.05, 0.1) is 0 Å². The second kappa shape index (κ2) is 9.16. The number of carbonyl (C=O) groups excluding carboxylic acids is 1. The van der Waals surface area contributed by atoms with Crippen molar-refractivity contribution in [3.8, 4) is 0 Å². The molecule has 0 aliphatic carbocycles. The molecule has 0 spiro atoms. The monoisotopic (exact) mass is 346 g/mol. The van der Waals surface area contributed by atoms with E-state index in [9.17, 15) is 13.6 Å². The van der Waals surface area contributed by atoms with E-state index in [0.717, 1.165) is 17.5 Å². The Kier molecular flexibility index (Phi) is 6.92. The highest BCUT2D eigenvalue weighted by Crippen LogP contribution is 2.11. The number of urea groups is 1. The largest absolute Gasteiger partial charge is 0.336 e. The van der Waals surface area contributed by atoms with Crippen molar-refractivity contribution >= 4 is 6.03 Å². The van der Waals surface area contributed by atoms with Crippen LogP contribution in [0.2, 0.25) is 0 Å². The molecule has 0 unspecified atom stereocenters. The average molecular weight is 346 g/mol. The normalized spacial score (nSPS) is 12.0. The summed E-state index contributed by atoms with van der Waals surface area (Å²) in [4.78, 5) is 12.2. The number of hydrogen-bond acceptors (Lipinski definition) is 1. The molecular weight excluding hydrogens is 322 g/mol. The van der Waals surface area contributed by atoms with Crippen LogP contribution in [0.25, 0.3) is 0 Å². The lowest BCUT2D eigenvalue weighted by molar-refractivity contribution is 0.233. The van der Waals surface area contributed by atoms with E-state index in [1.165, 1.54) is 24.3 Å². The van der Waals surface area contributed by atoms with Crippen LogP contribution in [-0.4, -0.2) is 18.1 Å². The summed E-state index contributed by atoms with van der Waals surface area (Å²) in [6, 6.07) is 12.1. The van der Waals surface area contributed by atoms with Crippen LogP contribution in [0.3, 0.4) is 0 Å². The molecule has 0 aliphatic heterocycles. The lowest BCUT2D eigenvalue weighted by Gasteiger charge is -2.21. The summed E-state index contributed by atoms with van der Waals surface area (Å²) in [5, 5.41) is 5.85. The molecule has 0 aromatic heterocycles. The van der Waals surface area contributed by atoms with Gasteiger partial charge in [0.25, 0.3) is 0 Å². The Balaban J connectivity index is 2.07. The first kappa shape index (κ1) is 18.9. The third kappa shape index (κ3) is 6.53. The Morgan fingerprint density at radius 1 is 0.880 bits per heavy atom. The Morgan fingerprint density at radius 2 is 1.32 bits per heavy atom. The highest BCUT2D eigenvalue weighted by molar-refractivity contribution is 5.74. The highest BCUT2D eigenvalue weighted by atomic mass is 19.1. The lowest BCUT2D eigenvalue weighted by Crippen LogP contribution is -2.46. The SMILES string of the molecule is CC[C@H](C)NC(=O)NC(Cc1ccc(F)cc1)Cc1ccc(F)cc1. The summed E-state index contributed by atoms with van der Waals surface area (Å²) in [5.74, 6) is -0.581. The molecule has 2 aromatic carbocycles. The van der Waals surface area contributed by atoms with Crippen molar-refractivity contribution in [2.24, 2.45) is 0 Å². The minimum absolute atomic E-state index is 0.0808. The van der Waals surface area contributed by atoms with Crippen molar-refractivity contribution in [3.05, 3.63) is 71.3 Å². The highest BCUT2D eigenvalue weighted by Gasteiger charge is 2.15. The average Bonchev–Trinajstić information content (AvgIpc) is 2.58. The molecule has 2 amide bonds. The number of nitrogens with one attached hydrogen (secondary N) is 2. The summed E-state index contributed by atoms with van der Waals surface area (Å²) < 4.78 is 26.2.